The van der Waals surface area contributed by atoms with Crippen molar-refractivity contribution >= 4 is 27.8 Å². The summed E-state index contributed by atoms with van der Waals surface area (Å²) < 4.78 is 1.89. The van der Waals surface area contributed by atoms with E-state index >= 15 is 0 Å². The monoisotopic (exact) mass is 397 g/mol. The molecule has 0 spiro atoms. The zero-order chi connectivity index (χ0) is 20.8. The largest absolute Gasteiger partial charge is 0.480 e. The van der Waals surface area contributed by atoms with Crippen molar-refractivity contribution in [3.63, 3.8) is 0 Å². The van der Waals surface area contributed by atoms with E-state index in [4.69, 9.17) is 0 Å². The van der Waals surface area contributed by atoms with Gasteiger partial charge < -0.3 is 19.6 Å². The summed E-state index contributed by atoms with van der Waals surface area (Å²) in [6, 6.07) is 16.5. The van der Waals surface area contributed by atoms with E-state index in [2.05, 4.69) is 54.1 Å². The van der Waals surface area contributed by atoms with Crippen LogP contribution in [-0.2, 0) is 11.3 Å². The molecule has 150 valence electrons. The molecule has 3 aromatic heterocycles. The van der Waals surface area contributed by atoms with Gasteiger partial charge in [-0.1, -0.05) is 38.1 Å². The lowest BCUT2D eigenvalue weighted by Gasteiger charge is -2.15. The van der Waals surface area contributed by atoms with Gasteiger partial charge in [-0.05, 0) is 41.3 Å². The summed E-state index contributed by atoms with van der Waals surface area (Å²) >= 11 is 0. The van der Waals surface area contributed by atoms with Crippen LogP contribution in [0.2, 0.25) is 0 Å². The molecule has 0 aliphatic heterocycles. The average molecular weight is 397 g/mol. The zero-order valence-corrected chi connectivity index (χ0v) is 16.9. The Morgan fingerprint density at radius 2 is 1.50 bits per heavy atom. The van der Waals surface area contributed by atoms with Crippen LogP contribution in [0.1, 0.15) is 25.3 Å². The Balaban J connectivity index is 1.87. The molecule has 0 aliphatic rings. The summed E-state index contributed by atoms with van der Waals surface area (Å²) in [6.07, 6.45) is 5.88. The van der Waals surface area contributed by atoms with Gasteiger partial charge in [0.15, 0.2) is 0 Å². The number of carbonyl (C=O) groups is 1. The van der Waals surface area contributed by atoms with Crippen molar-refractivity contribution in [2.45, 2.75) is 26.3 Å². The van der Waals surface area contributed by atoms with E-state index in [1.54, 1.807) is 0 Å². The van der Waals surface area contributed by atoms with Crippen LogP contribution in [0.15, 0.2) is 67.1 Å². The van der Waals surface area contributed by atoms with Crippen molar-refractivity contribution in [2.75, 3.05) is 0 Å². The minimum atomic E-state index is -0.853. The Morgan fingerprint density at radius 3 is 2.10 bits per heavy atom. The Bertz CT molecular complexity index is 1380. The molecular weight excluding hydrogens is 374 g/mol. The third-order valence-electron chi connectivity index (χ3n) is 5.74. The standard InChI is InChI=1S/C25H23N3O2/c1-15(2)24-20(16-5-3-7-21-17(16)9-11-26-21)13-28(14-23(29)30)25(24)19-6-4-8-22-18(19)10-12-27-22/h3-13,15,26-27H,14H2,1-2H3,(H,29,30). The van der Waals surface area contributed by atoms with Crippen molar-refractivity contribution in [3.8, 4) is 22.4 Å². The maximum Gasteiger partial charge on any atom is 0.323 e. The van der Waals surface area contributed by atoms with Gasteiger partial charge in [-0.3, -0.25) is 4.79 Å². The number of carboxylic acid groups (broad SMARTS) is 1. The van der Waals surface area contributed by atoms with Crippen molar-refractivity contribution in [1.29, 1.82) is 0 Å². The molecule has 0 unspecified atom stereocenters. The number of aromatic amines is 2. The molecule has 0 fully saturated rings. The SMILES string of the molecule is CC(C)c1c(-c2cccc3[nH]ccc23)cn(CC(=O)O)c1-c1cccc2[nH]ccc12. The molecule has 5 nitrogen and oxygen atoms in total. The minimum absolute atomic E-state index is 0.0843. The van der Waals surface area contributed by atoms with Crippen molar-refractivity contribution in [2.24, 2.45) is 0 Å². The molecule has 0 saturated carbocycles. The van der Waals surface area contributed by atoms with Gasteiger partial charge >= 0.3 is 5.97 Å². The molecule has 3 heterocycles. The van der Waals surface area contributed by atoms with E-state index in [0.29, 0.717) is 0 Å². The number of benzene rings is 2. The minimum Gasteiger partial charge on any atom is -0.480 e. The predicted octanol–water partition coefficient (Wildman–Crippen LogP) is 5.99. The van der Waals surface area contributed by atoms with Crippen molar-refractivity contribution in [3.05, 3.63) is 72.7 Å². The van der Waals surface area contributed by atoms with E-state index in [1.165, 1.54) is 5.56 Å². The van der Waals surface area contributed by atoms with Gasteiger partial charge in [-0.25, -0.2) is 0 Å². The molecular formula is C25H23N3O2. The molecule has 5 aromatic rings. The first kappa shape index (κ1) is 18.3. The molecule has 3 N–H and O–H groups in total. The van der Waals surface area contributed by atoms with Crippen molar-refractivity contribution < 1.29 is 9.90 Å². The van der Waals surface area contributed by atoms with Crippen LogP contribution >= 0.6 is 0 Å². The van der Waals surface area contributed by atoms with Crippen LogP contribution in [0.4, 0.5) is 0 Å². The number of H-pyrrole nitrogens is 2. The van der Waals surface area contributed by atoms with E-state index < -0.39 is 5.97 Å². The summed E-state index contributed by atoms with van der Waals surface area (Å²) in [4.78, 5) is 18.3. The highest BCUT2D eigenvalue weighted by Gasteiger charge is 2.24. The highest BCUT2D eigenvalue weighted by molar-refractivity contribution is 6.00. The molecule has 0 bridgehead atoms. The predicted molar refractivity (Wildman–Crippen MR) is 121 cm³/mol. The molecule has 0 radical (unpaired) electrons. The lowest BCUT2D eigenvalue weighted by atomic mass is 9.90. The second kappa shape index (κ2) is 6.95. The summed E-state index contributed by atoms with van der Waals surface area (Å²) in [5, 5.41) is 11.9. The summed E-state index contributed by atoms with van der Waals surface area (Å²) in [6.45, 7) is 4.25. The summed E-state index contributed by atoms with van der Waals surface area (Å²) in [5.74, 6) is -0.636. The number of nitrogens with zero attached hydrogens (tertiary/aromatic N) is 1. The first-order valence-corrected chi connectivity index (χ1v) is 10.1. The lowest BCUT2D eigenvalue weighted by molar-refractivity contribution is -0.137. The normalized spacial score (nSPS) is 11.7. The van der Waals surface area contributed by atoms with Crippen LogP contribution < -0.4 is 0 Å². The maximum absolute atomic E-state index is 11.7. The molecule has 0 saturated heterocycles. The maximum atomic E-state index is 11.7. The third kappa shape index (κ3) is 2.82. The second-order valence-corrected chi connectivity index (χ2v) is 7.97. The van der Waals surface area contributed by atoms with Crippen molar-refractivity contribution in [1.82, 2.24) is 14.5 Å². The Labute approximate surface area is 174 Å². The fraction of sp³-hybridized carbons (Fsp3) is 0.160. The highest BCUT2D eigenvalue weighted by Crippen LogP contribution is 2.43. The van der Waals surface area contributed by atoms with E-state index in [1.807, 2.05) is 41.4 Å². The molecule has 5 heteroatoms. The van der Waals surface area contributed by atoms with Crippen LogP contribution in [0, 0.1) is 0 Å². The third-order valence-corrected chi connectivity index (χ3v) is 5.74. The molecule has 0 aliphatic carbocycles. The van der Waals surface area contributed by atoms with Crippen LogP contribution in [0.25, 0.3) is 44.2 Å². The van der Waals surface area contributed by atoms with Crippen LogP contribution in [-0.4, -0.2) is 25.6 Å². The quantitative estimate of drug-likeness (QED) is 0.341. The zero-order valence-electron chi connectivity index (χ0n) is 16.9. The smallest absolute Gasteiger partial charge is 0.323 e. The first-order chi connectivity index (χ1) is 14.5. The highest BCUT2D eigenvalue weighted by atomic mass is 16.4. The van der Waals surface area contributed by atoms with Gasteiger partial charge in [-0.15, -0.1) is 0 Å². The number of hydrogen-bond donors (Lipinski definition) is 3. The van der Waals surface area contributed by atoms with E-state index in [0.717, 1.165) is 44.2 Å². The van der Waals surface area contributed by atoms with Crippen LogP contribution in [0.5, 0.6) is 0 Å². The average Bonchev–Trinajstić information content (AvgIpc) is 3.44. The molecule has 30 heavy (non-hydrogen) atoms. The van der Waals surface area contributed by atoms with Gasteiger partial charge in [0, 0.05) is 51.5 Å². The summed E-state index contributed by atoms with van der Waals surface area (Å²) in [5.41, 5.74) is 7.50. The fourth-order valence-electron chi connectivity index (χ4n) is 4.55. The Morgan fingerprint density at radius 1 is 0.900 bits per heavy atom. The number of nitrogens with one attached hydrogen (secondary N) is 2. The number of rotatable bonds is 5. The topological polar surface area (TPSA) is 73.8 Å². The first-order valence-electron chi connectivity index (χ1n) is 10.1. The molecule has 5 rings (SSSR count). The fourth-order valence-corrected chi connectivity index (χ4v) is 4.55. The van der Waals surface area contributed by atoms with Gasteiger partial charge in [0.25, 0.3) is 0 Å². The Hall–Kier alpha value is -3.73. The number of carboxylic acids is 1. The van der Waals surface area contributed by atoms with Crippen LogP contribution in [0.3, 0.4) is 0 Å². The summed E-state index contributed by atoms with van der Waals surface area (Å²) in [7, 11) is 0. The van der Waals surface area contributed by atoms with Gasteiger partial charge in [0.2, 0.25) is 0 Å². The van der Waals surface area contributed by atoms with E-state index in [9.17, 15) is 9.90 Å². The Kier molecular flexibility index (Phi) is 4.24. The molecule has 0 atom stereocenters. The second-order valence-electron chi connectivity index (χ2n) is 7.97. The molecule has 0 amide bonds. The van der Waals surface area contributed by atoms with Gasteiger partial charge in [0.05, 0.1) is 5.69 Å². The number of aliphatic carboxylic acids is 1. The molecule has 2 aromatic carbocycles. The van der Waals surface area contributed by atoms with Gasteiger partial charge in [-0.2, -0.15) is 0 Å². The number of aromatic nitrogens is 3. The number of hydrogen-bond acceptors (Lipinski definition) is 1. The number of fused-ring (bicyclic) bond motifs is 2. The lowest BCUT2D eigenvalue weighted by Crippen LogP contribution is -2.09. The van der Waals surface area contributed by atoms with E-state index in [-0.39, 0.29) is 12.5 Å². The van der Waals surface area contributed by atoms with Gasteiger partial charge in [0.1, 0.15) is 6.54 Å².